The standard InChI is InChI=1S/C34H26Cl2FN7O5/c1-32(14-18-2-4-19(15-38)5-3-18)30(49)43(21-12-22(35)26(37)23(36)13-21)31-40-17-24(44(31)32)27(45)41-34(10-11-34)29(48)42-33(8-9-33)25-7-6-20(16-39-25)28(46)47/h2-7,12-13,16-17H,8-11,14H2,1H3,(H,41,45)(H,42,48)(H,46,47)/t32-/m1/s1. The molecule has 2 aromatic carbocycles. The van der Waals surface area contributed by atoms with Crippen molar-refractivity contribution in [2.75, 3.05) is 4.90 Å². The van der Waals surface area contributed by atoms with E-state index in [1.807, 2.05) is 0 Å². The van der Waals surface area contributed by atoms with Crippen molar-refractivity contribution < 1.29 is 28.7 Å². The van der Waals surface area contributed by atoms with Gasteiger partial charge in [0.05, 0.1) is 50.4 Å². The topological polar surface area (TPSA) is 170 Å². The van der Waals surface area contributed by atoms with Crippen LogP contribution in [0, 0.1) is 17.1 Å². The molecule has 0 saturated heterocycles. The Labute approximate surface area is 288 Å². The fraction of sp³-hybridized carbons (Fsp3) is 0.265. The van der Waals surface area contributed by atoms with Crippen LogP contribution in [0.2, 0.25) is 10.0 Å². The summed E-state index contributed by atoms with van der Waals surface area (Å²) in [6.07, 6.45) is 4.56. The number of carbonyl (C=O) groups excluding carboxylic acids is 3. The zero-order chi connectivity index (χ0) is 34.9. The minimum absolute atomic E-state index is 0.00689. The van der Waals surface area contributed by atoms with Gasteiger partial charge >= 0.3 is 5.97 Å². The van der Waals surface area contributed by atoms with Gasteiger partial charge in [0.2, 0.25) is 11.9 Å². The number of nitriles is 1. The molecule has 0 radical (unpaired) electrons. The Balaban J connectivity index is 1.20. The Kier molecular flexibility index (Phi) is 7.49. The molecule has 4 aromatic rings. The van der Waals surface area contributed by atoms with Gasteiger partial charge in [-0.3, -0.25) is 23.9 Å². The molecule has 248 valence electrons. The Morgan fingerprint density at radius 2 is 1.67 bits per heavy atom. The number of hydrogen-bond donors (Lipinski definition) is 3. The summed E-state index contributed by atoms with van der Waals surface area (Å²) in [5.74, 6) is -3.44. The molecule has 2 aliphatic carbocycles. The second-order valence-corrected chi connectivity index (χ2v) is 13.5. The molecule has 49 heavy (non-hydrogen) atoms. The highest BCUT2D eigenvalue weighted by atomic mass is 35.5. The maximum Gasteiger partial charge on any atom is 0.337 e. The minimum Gasteiger partial charge on any atom is -0.478 e. The maximum absolute atomic E-state index is 14.4. The molecular formula is C34H26Cl2FN7O5. The highest BCUT2D eigenvalue weighted by Crippen LogP contribution is 2.48. The zero-order valence-electron chi connectivity index (χ0n) is 25.8. The van der Waals surface area contributed by atoms with Crippen molar-refractivity contribution in [1.29, 1.82) is 5.26 Å². The number of aromatic carboxylic acids is 1. The van der Waals surface area contributed by atoms with E-state index < -0.39 is 46.1 Å². The van der Waals surface area contributed by atoms with Crippen molar-refractivity contribution in [3.05, 3.63) is 105 Å². The second kappa shape index (κ2) is 11.4. The molecular weight excluding hydrogens is 676 g/mol. The minimum atomic E-state index is -1.44. The first-order valence-corrected chi connectivity index (χ1v) is 16.0. The number of pyridine rings is 1. The summed E-state index contributed by atoms with van der Waals surface area (Å²) in [5.41, 5.74) is -1.60. The molecule has 3 N–H and O–H groups in total. The second-order valence-electron chi connectivity index (χ2n) is 12.7. The van der Waals surface area contributed by atoms with Crippen molar-refractivity contribution in [2.45, 2.75) is 55.6 Å². The number of nitrogens with one attached hydrogen (secondary N) is 2. The van der Waals surface area contributed by atoms with E-state index in [1.54, 1.807) is 37.3 Å². The number of imidazole rings is 1. The SMILES string of the molecule is C[C@@]1(Cc2ccc(C#N)cc2)C(=O)N(c2cc(Cl)c(F)c(Cl)c2)c2ncc(C(=O)NC3(C(=O)NC4(c5ccc(C(=O)O)cn5)CC4)CC3)n21. The fourth-order valence-electron chi connectivity index (χ4n) is 6.25. The quantitative estimate of drug-likeness (QED) is 0.205. The van der Waals surface area contributed by atoms with Gasteiger partial charge in [0.25, 0.3) is 11.8 Å². The zero-order valence-corrected chi connectivity index (χ0v) is 27.3. The molecule has 1 aliphatic heterocycles. The summed E-state index contributed by atoms with van der Waals surface area (Å²) in [6, 6.07) is 14.2. The summed E-state index contributed by atoms with van der Waals surface area (Å²) < 4.78 is 15.8. The number of fused-ring (bicyclic) bond motifs is 1. The van der Waals surface area contributed by atoms with E-state index in [2.05, 4.69) is 26.7 Å². The van der Waals surface area contributed by atoms with Crippen LogP contribution in [-0.2, 0) is 27.1 Å². The van der Waals surface area contributed by atoms with Crippen LogP contribution in [0.4, 0.5) is 16.0 Å². The van der Waals surface area contributed by atoms with Crippen LogP contribution in [0.25, 0.3) is 0 Å². The first-order valence-electron chi connectivity index (χ1n) is 15.2. The van der Waals surface area contributed by atoms with Gasteiger partial charge in [-0.05, 0) is 74.6 Å². The summed E-state index contributed by atoms with van der Waals surface area (Å²) in [7, 11) is 0. The van der Waals surface area contributed by atoms with Gasteiger partial charge in [-0.1, -0.05) is 35.3 Å². The third-order valence-electron chi connectivity index (χ3n) is 9.33. The van der Waals surface area contributed by atoms with E-state index in [4.69, 9.17) is 23.2 Å². The Bertz CT molecular complexity index is 2100. The van der Waals surface area contributed by atoms with Crippen LogP contribution < -0.4 is 15.5 Å². The van der Waals surface area contributed by atoms with E-state index in [9.17, 15) is 33.9 Å². The number of halogens is 3. The van der Waals surface area contributed by atoms with Gasteiger partial charge in [0.15, 0.2) is 5.82 Å². The third kappa shape index (κ3) is 5.37. The lowest BCUT2D eigenvalue weighted by molar-refractivity contribution is -0.125. The van der Waals surface area contributed by atoms with Gasteiger partial charge < -0.3 is 15.7 Å². The predicted molar refractivity (Wildman–Crippen MR) is 174 cm³/mol. The van der Waals surface area contributed by atoms with E-state index in [-0.39, 0.29) is 39.4 Å². The molecule has 0 unspecified atom stereocenters. The number of carbonyl (C=O) groups is 4. The average molecular weight is 703 g/mol. The first-order chi connectivity index (χ1) is 23.3. The molecule has 3 aliphatic rings. The van der Waals surface area contributed by atoms with Crippen LogP contribution in [0.15, 0.2) is 60.9 Å². The van der Waals surface area contributed by atoms with Gasteiger partial charge in [-0.15, -0.1) is 0 Å². The molecule has 15 heteroatoms. The molecule has 2 fully saturated rings. The summed E-state index contributed by atoms with van der Waals surface area (Å²) in [4.78, 5) is 63.2. The largest absolute Gasteiger partial charge is 0.478 e. The number of carboxylic acids is 1. The molecule has 12 nitrogen and oxygen atoms in total. The van der Waals surface area contributed by atoms with Crippen molar-refractivity contribution >= 4 is 58.5 Å². The monoisotopic (exact) mass is 701 g/mol. The number of rotatable bonds is 9. The number of carboxylic acid groups (broad SMARTS) is 1. The van der Waals surface area contributed by atoms with E-state index in [0.29, 0.717) is 42.5 Å². The number of hydrogen-bond acceptors (Lipinski definition) is 7. The molecule has 7 rings (SSSR count). The normalized spacial score (nSPS) is 19.5. The molecule has 0 spiro atoms. The van der Waals surface area contributed by atoms with Crippen molar-refractivity contribution in [3.63, 3.8) is 0 Å². The highest BCUT2D eigenvalue weighted by molar-refractivity contribution is 6.35. The number of amides is 3. The Morgan fingerprint density at radius 1 is 1.00 bits per heavy atom. The number of benzene rings is 2. The third-order valence-corrected chi connectivity index (χ3v) is 9.88. The van der Waals surface area contributed by atoms with Crippen molar-refractivity contribution in [1.82, 2.24) is 25.2 Å². The highest BCUT2D eigenvalue weighted by Gasteiger charge is 2.57. The first kappa shape index (κ1) is 32.2. The van der Waals surface area contributed by atoms with E-state index >= 15 is 0 Å². The van der Waals surface area contributed by atoms with Gasteiger partial charge in [-0.2, -0.15) is 5.26 Å². The summed E-state index contributed by atoms with van der Waals surface area (Å²) in [5, 5.41) is 23.7. The molecule has 0 bridgehead atoms. The summed E-state index contributed by atoms with van der Waals surface area (Å²) in [6.45, 7) is 1.64. The van der Waals surface area contributed by atoms with Crippen LogP contribution in [0.1, 0.15) is 70.3 Å². The number of anilines is 2. The molecule has 3 heterocycles. The lowest BCUT2D eigenvalue weighted by Gasteiger charge is -2.27. The summed E-state index contributed by atoms with van der Waals surface area (Å²) >= 11 is 12.2. The Hall–Kier alpha value is -5.32. The van der Waals surface area contributed by atoms with Crippen LogP contribution in [-0.4, -0.2) is 48.9 Å². The molecule has 1 atom stereocenters. The molecule has 2 aromatic heterocycles. The predicted octanol–water partition coefficient (Wildman–Crippen LogP) is 5.00. The van der Waals surface area contributed by atoms with E-state index in [1.165, 1.54) is 40.1 Å². The van der Waals surface area contributed by atoms with Crippen LogP contribution >= 0.6 is 23.2 Å². The number of nitrogens with zero attached hydrogens (tertiary/aromatic N) is 5. The van der Waals surface area contributed by atoms with Crippen molar-refractivity contribution in [3.8, 4) is 6.07 Å². The maximum atomic E-state index is 14.4. The average Bonchev–Trinajstić information content (AvgIpc) is 3.99. The fourth-order valence-corrected chi connectivity index (χ4v) is 6.73. The smallest absolute Gasteiger partial charge is 0.337 e. The van der Waals surface area contributed by atoms with E-state index in [0.717, 1.165) is 0 Å². The molecule has 3 amide bonds. The lowest BCUT2D eigenvalue weighted by Crippen LogP contribution is -2.52. The van der Waals surface area contributed by atoms with Crippen LogP contribution in [0.5, 0.6) is 0 Å². The van der Waals surface area contributed by atoms with Gasteiger partial charge in [0, 0.05) is 12.6 Å². The lowest BCUT2D eigenvalue weighted by atomic mass is 9.91. The van der Waals surface area contributed by atoms with Gasteiger partial charge in [-0.25, -0.2) is 19.1 Å². The van der Waals surface area contributed by atoms with Crippen LogP contribution in [0.3, 0.4) is 0 Å². The Morgan fingerprint density at radius 3 is 2.22 bits per heavy atom. The van der Waals surface area contributed by atoms with Crippen molar-refractivity contribution in [2.24, 2.45) is 0 Å². The molecule has 2 saturated carbocycles. The van der Waals surface area contributed by atoms with Gasteiger partial charge in [0.1, 0.15) is 16.8 Å². The number of aromatic nitrogens is 3.